The smallest absolute Gasteiger partial charge is 0.341 e. The summed E-state index contributed by atoms with van der Waals surface area (Å²) in [6.45, 7) is 1.53. The van der Waals surface area contributed by atoms with E-state index in [1.807, 2.05) is 47.9 Å². The molecular formula is C26H22ClN5O4S. The van der Waals surface area contributed by atoms with E-state index in [0.717, 1.165) is 16.8 Å². The van der Waals surface area contributed by atoms with Gasteiger partial charge in [0.2, 0.25) is 0 Å². The van der Waals surface area contributed by atoms with E-state index in [9.17, 15) is 9.59 Å². The maximum Gasteiger partial charge on any atom is 0.341 e. The van der Waals surface area contributed by atoms with Crippen LogP contribution in [0.25, 0.3) is 17.1 Å². The molecule has 9 nitrogen and oxygen atoms in total. The Kier molecular flexibility index (Phi) is 8.55. The van der Waals surface area contributed by atoms with Gasteiger partial charge in [-0.25, -0.2) is 10.2 Å². The van der Waals surface area contributed by atoms with Gasteiger partial charge >= 0.3 is 5.97 Å². The summed E-state index contributed by atoms with van der Waals surface area (Å²) >= 11 is 7.29. The lowest BCUT2D eigenvalue weighted by Gasteiger charge is -2.10. The summed E-state index contributed by atoms with van der Waals surface area (Å²) in [4.78, 5) is 23.2. The van der Waals surface area contributed by atoms with Gasteiger partial charge in [-0.3, -0.25) is 9.36 Å². The number of nitrogens with zero attached hydrogens (tertiary/aromatic N) is 4. The first-order valence-electron chi connectivity index (χ1n) is 11.1. The molecule has 3 aromatic carbocycles. The second kappa shape index (κ2) is 12.2. The minimum atomic E-state index is -1.09. The van der Waals surface area contributed by atoms with Gasteiger partial charge in [0.25, 0.3) is 5.91 Å². The largest absolute Gasteiger partial charge is 0.481 e. The number of benzene rings is 3. The predicted octanol–water partition coefficient (Wildman–Crippen LogP) is 4.60. The number of hydrazone groups is 1. The van der Waals surface area contributed by atoms with Gasteiger partial charge in [-0.2, -0.15) is 5.10 Å². The van der Waals surface area contributed by atoms with E-state index in [1.165, 1.54) is 18.0 Å². The number of para-hydroxylation sites is 1. The van der Waals surface area contributed by atoms with Crippen molar-refractivity contribution in [3.8, 4) is 22.8 Å². The van der Waals surface area contributed by atoms with Crippen LogP contribution in [-0.4, -0.2) is 50.3 Å². The van der Waals surface area contributed by atoms with Crippen LogP contribution in [0.5, 0.6) is 5.75 Å². The summed E-state index contributed by atoms with van der Waals surface area (Å²) in [7, 11) is 0. The number of carboxylic acids is 1. The lowest BCUT2D eigenvalue weighted by atomic mass is 10.1. The highest BCUT2D eigenvalue weighted by Crippen LogP contribution is 2.28. The van der Waals surface area contributed by atoms with Gasteiger partial charge in [0.1, 0.15) is 5.75 Å². The third-order valence-electron chi connectivity index (χ3n) is 5.02. The molecule has 11 heteroatoms. The van der Waals surface area contributed by atoms with Gasteiger partial charge in [-0.05, 0) is 43.3 Å². The average molecular weight is 536 g/mol. The average Bonchev–Trinajstić information content (AvgIpc) is 3.31. The fourth-order valence-corrected chi connectivity index (χ4v) is 4.14. The molecule has 1 amide bonds. The number of carboxylic acid groups (broad SMARTS) is 1. The molecule has 1 heterocycles. The van der Waals surface area contributed by atoms with Crippen molar-refractivity contribution in [1.82, 2.24) is 20.2 Å². The monoisotopic (exact) mass is 535 g/mol. The van der Waals surface area contributed by atoms with E-state index in [1.54, 1.807) is 36.4 Å². The molecular weight excluding hydrogens is 514 g/mol. The Morgan fingerprint density at radius 2 is 1.81 bits per heavy atom. The van der Waals surface area contributed by atoms with Crippen LogP contribution in [0.2, 0.25) is 5.02 Å². The number of aromatic nitrogens is 3. The Balaban J connectivity index is 1.47. The number of hydrogen-bond donors (Lipinski definition) is 2. The highest BCUT2D eigenvalue weighted by molar-refractivity contribution is 7.99. The van der Waals surface area contributed by atoms with Crippen LogP contribution in [0.1, 0.15) is 11.1 Å². The Bertz CT molecular complexity index is 1420. The van der Waals surface area contributed by atoms with Crippen molar-refractivity contribution in [3.63, 3.8) is 0 Å². The van der Waals surface area contributed by atoms with E-state index < -0.39 is 12.6 Å². The zero-order valence-corrected chi connectivity index (χ0v) is 21.2. The van der Waals surface area contributed by atoms with Crippen LogP contribution in [0.3, 0.4) is 0 Å². The summed E-state index contributed by atoms with van der Waals surface area (Å²) < 4.78 is 7.11. The van der Waals surface area contributed by atoms with Crippen molar-refractivity contribution in [2.75, 3.05) is 12.4 Å². The molecule has 4 aromatic rings. The van der Waals surface area contributed by atoms with Crippen LogP contribution in [0.15, 0.2) is 83.1 Å². The molecule has 0 aliphatic heterocycles. The number of halogens is 1. The fourth-order valence-electron chi connectivity index (χ4n) is 3.27. The number of rotatable bonds is 10. The molecule has 4 rings (SSSR count). The molecule has 0 atom stereocenters. The first-order valence-corrected chi connectivity index (χ1v) is 12.4. The molecule has 0 bridgehead atoms. The first kappa shape index (κ1) is 25.9. The SMILES string of the molecule is Cc1ccc(-c2nnc(SCC(=O)N/N=C/c3ccccc3OCC(=O)O)n2-c2ccc(Cl)cc2)cc1. The number of nitrogens with one attached hydrogen (secondary N) is 1. The zero-order valence-electron chi connectivity index (χ0n) is 19.7. The summed E-state index contributed by atoms with van der Waals surface area (Å²) in [6, 6.07) is 22.0. The summed E-state index contributed by atoms with van der Waals surface area (Å²) in [5, 5.41) is 22.6. The molecule has 0 unspecified atom stereocenters. The van der Waals surface area contributed by atoms with Crippen molar-refractivity contribution in [2.24, 2.45) is 5.10 Å². The van der Waals surface area contributed by atoms with Gasteiger partial charge in [-0.15, -0.1) is 10.2 Å². The number of carbonyl (C=O) groups is 2. The van der Waals surface area contributed by atoms with Gasteiger partial charge in [0, 0.05) is 21.8 Å². The van der Waals surface area contributed by atoms with E-state index in [0.29, 0.717) is 27.3 Å². The number of hydrogen-bond acceptors (Lipinski definition) is 7. The lowest BCUT2D eigenvalue weighted by Crippen LogP contribution is -2.20. The van der Waals surface area contributed by atoms with Crippen molar-refractivity contribution in [2.45, 2.75) is 12.1 Å². The third kappa shape index (κ3) is 6.96. The van der Waals surface area contributed by atoms with E-state index in [2.05, 4.69) is 20.7 Å². The van der Waals surface area contributed by atoms with Gasteiger partial charge in [0.05, 0.1) is 12.0 Å². The second-order valence-electron chi connectivity index (χ2n) is 7.79. The Hall–Kier alpha value is -4.15. The molecule has 1 aromatic heterocycles. The fraction of sp³-hybridized carbons (Fsp3) is 0.115. The molecule has 0 saturated heterocycles. The normalized spacial score (nSPS) is 11.0. The maximum absolute atomic E-state index is 12.5. The molecule has 2 N–H and O–H groups in total. The van der Waals surface area contributed by atoms with Crippen molar-refractivity contribution >= 4 is 41.5 Å². The topological polar surface area (TPSA) is 119 Å². The minimum absolute atomic E-state index is 0.0358. The summed E-state index contributed by atoms with van der Waals surface area (Å²) in [5.41, 5.74) is 5.82. The second-order valence-corrected chi connectivity index (χ2v) is 9.17. The Morgan fingerprint density at radius 1 is 1.08 bits per heavy atom. The van der Waals surface area contributed by atoms with Crippen LogP contribution in [0, 0.1) is 6.92 Å². The molecule has 0 spiro atoms. The molecule has 0 fully saturated rings. The summed E-state index contributed by atoms with van der Waals surface area (Å²) in [5.74, 6) is -0.423. The van der Waals surface area contributed by atoms with E-state index in [4.69, 9.17) is 21.4 Å². The quantitative estimate of drug-likeness (QED) is 0.173. The maximum atomic E-state index is 12.5. The Morgan fingerprint density at radius 3 is 2.54 bits per heavy atom. The minimum Gasteiger partial charge on any atom is -0.481 e. The zero-order chi connectivity index (χ0) is 26.2. The number of aryl methyl sites for hydroxylation is 1. The van der Waals surface area contributed by atoms with Crippen molar-refractivity contribution in [3.05, 3.63) is 88.9 Å². The van der Waals surface area contributed by atoms with Gasteiger partial charge in [-0.1, -0.05) is 65.3 Å². The van der Waals surface area contributed by atoms with Crippen LogP contribution >= 0.6 is 23.4 Å². The third-order valence-corrected chi connectivity index (χ3v) is 6.20. The molecule has 37 heavy (non-hydrogen) atoms. The van der Waals surface area contributed by atoms with Crippen LogP contribution in [-0.2, 0) is 9.59 Å². The number of ether oxygens (including phenoxy) is 1. The Labute approximate surface area is 222 Å². The number of amides is 1. The first-order chi connectivity index (χ1) is 17.9. The molecule has 0 aliphatic rings. The molecule has 0 aliphatic carbocycles. The molecule has 0 radical (unpaired) electrons. The summed E-state index contributed by atoms with van der Waals surface area (Å²) in [6.07, 6.45) is 1.39. The number of thioether (sulfide) groups is 1. The molecule has 188 valence electrons. The van der Waals surface area contributed by atoms with E-state index >= 15 is 0 Å². The van der Waals surface area contributed by atoms with Crippen LogP contribution in [0.4, 0.5) is 0 Å². The predicted molar refractivity (Wildman–Crippen MR) is 143 cm³/mol. The number of aliphatic carboxylic acids is 1. The van der Waals surface area contributed by atoms with Crippen LogP contribution < -0.4 is 10.2 Å². The highest BCUT2D eigenvalue weighted by atomic mass is 35.5. The van der Waals surface area contributed by atoms with Gasteiger partial charge in [0.15, 0.2) is 17.6 Å². The van der Waals surface area contributed by atoms with Crippen molar-refractivity contribution in [1.29, 1.82) is 0 Å². The van der Waals surface area contributed by atoms with E-state index in [-0.39, 0.29) is 11.7 Å². The number of carbonyl (C=O) groups excluding carboxylic acids is 1. The highest BCUT2D eigenvalue weighted by Gasteiger charge is 2.17. The van der Waals surface area contributed by atoms with Crippen molar-refractivity contribution < 1.29 is 19.4 Å². The standard InChI is InChI=1S/C26H22ClN5O4S/c1-17-6-8-18(9-7-17)25-30-31-26(32(25)21-12-10-20(27)11-13-21)37-16-23(33)29-28-14-19-4-2-3-5-22(19)36-15-24(34)35/h2-14H,15-16H2,1H3,(H,29,33)(H,34,35)/b28-14+. The lowest BCUT2D eigenvalue weighted by molar-refractivity contribution is -0.139. The molecule has 0 saturated carbocycles. The van der Waals surface area contributed by atoms with Gasteiger partial charge < -0.3 is 9.84 Å².